The van der Waals surface area contributed by atoms with Crippen LogP contribution in [0.1, 0.15) is 32.3 Å². The number of para-hydroxylation sites is 3. The van der Waals surface area contributed by atoms with E-state index in [0.29, 0.717) is 43.7 Å². The van der Waals surface area contributed by atoms with Crippen LogP contribution in [0.5, 0.6) is 0 Å². The molecule has 2 aliphatic heterocycles. The molecule has 1 aromatic heterocycles. The number of H-pyrrole nitrogens is 1. The first-order valence-electron chi connectivity index (χ1n) is 12.4. The molecule has 0 bridgehead atoms. The van der Waals surface area contributed by atoms with Gasteiger partial charge in [0.05, 0.1) is 23.0 Å². The molecule has 11 heteroatoms. The summed E-state index contributed by atoms with van der Waals surface area (Å²) in [5.41, 5.74) is 7.93. The molecular weight excluding hydrogens is 492 g/mol. The molecule has 0 radical (unpaired) electrons. The summed E-state index contributed by atoms with van der Waals surface area (Å²) in [4.78, 5) is 31.4. The molecular formula is C26H32N6O4S. The summed E-state index contributed by atoms with van der Waals surface area (Å²) < 4.78 is 29.7. The number of rotatable bonds is 6. The van der Waals surface area contributed by atoms with Crippen LogP contribution in [0.25, 0.3) is 10.9 Å². The van der Waals surface area contributed by atoms with Gasteiger partial charge in [0.2, 0.25) is 11.8 Å². The molecule has 37 heavy (non-hydrogen) atoms. The summed E-state index contributed by atoms with van der Waals surface area (Å²) >= 11 is 0. The zero-order valence-electron chi connectivity index (χ0n) is 20.9. The predicted molar refractivity (Wildman–Crippen MR) is 143 cm³/mol. The van der Waals surface area contributed by atoms with Gasteiger partial charge in [-0.15, -0.1) is 0 Å². The highest BCUT2D eigenvalue weighted by Gasteiger charge is 2.40. The number of likely N-dealkylation sites (tertiary alicyclic amines) is 1. The number of hydrogen-bond acceptors (Lipinski definition) is 5. The van der Waals surface area contributed by atoms with Gasteiger partial charge in [-0.2, -0.15) is 8.42 Å². The van der Waals surface area contributed by atoms with E-state index in [1.54, 1.807) is 36.9 Å². The smallest absolute Gasteiger partial charge is 0.324 e. The van der Waals surface area contributed by atoms with E-state index in [-0.39, 0.29) is 11.9 Å². The zero-order chi connectivity index (χ0) is 26.4. The van der Waals surface area contributed by atoms with Crippen LogP contribution in [0.2, 0.25) is 0 Å². The van der Waals surface area contributed by atoms with Crippen molar-refractivity contribution >= 4 is 44.3 Å². The van der Waals surface area contributed by atoms with Crippen molar-refractivity contribution in [3.8, 4) is 0 Å². The number of hydrogen-bond donors (Lipinski definition) is 4. The number of nitrogens with zero attached hydrogens (tertiary/aromatic N) is 2. The van der Waals surface area contributed by atoms with E-state index in [4.69, 9.17) is 5.73 Å². The maximum atomic E-state index is 13.7. The normalized spacial score (nSPS) is 18.4. The summed E-state index contributed by atoms with van der Waals surface area (Å²) in [5, 5.41) is 3.86. The van der Waals surface area contributed by atoms with Crippen molar-refractivity contribution in [2.75, 3.05) is 22.1 Å². The highest BCUT2D eigenvalue weighted by Crippen LogP contribution is 2.39. The number of nitrogens with two attached hydrogens (primary N) is 1. The Morgan fingerprint density at radius 3 is 2.51 bits per heavy atom. The summed E-state index contributed by atoms with van der Waals surface area (Å²) in [6.45, 7) is 3.96. The van der Waals surface area contributed by atoms with E-state index < -0.39 is 27.7 Å². The fraction of sp³-hybridized carbons (Fsp3) is 0.385. The molecule has 1 saturated heterocycles. The minimum atomic E-state index is -3.68. The highest BCUT2D eigenvalue weighted by molar-refractivity contribution is 7.94. The number of nitrogens with one attached hydrogen (secondary N) is 3. The summed E-state index contributed by atoms with van der Waals surface area (Å²) in [5.74, 6) is -0.615. The van der Waals surface area contributed by atoms with Gasteiger partial charge < -0.3 is 20.9 Å². The quantitative estimate of drug-likeness (QED) is 0.391. The number of benzene rings is 2. The number of fused-ring (bicyclic) bond motifs is 2. The van der Waals surface area contributed by atoms with Crippen LogP contribution in [-0.4, -0.2) is 60.8 Å². The third-order valence-electron chi connectivity index (χ3n) is 7.03. The summed E-state index contributed by atoms with van der Waals surface area (Å²) in [7, 11) is -3.68. The Bertz CT molecular complexity index is 1440. The van der Waals surface area contributed by atoms with Crippen molar-refractivity contribution in [2.24, 2.45) is 5.73 Å². The fourth-order valence-electron chi connectivity index (χ4n) is 5.07. The van der Waals surface area contributed by atoms with Crippen molar-refractivity contribution in [1.82, 2.24) is 15.2 Å². The second-order valence-electron chi connectivity index (χ2n) is 10.3. The van der Waals surface area contributed by atoms with Crippen molar-refractivity contribution in [3.05, 3.63) is 60.3 Å². The van der Waals surface area contributed by atoms with Gasteiger partial charge in [0.15, 0.2) is 0 Å². The Morgan fingerprint density at radius 1 is 1.11 bits per heavy atom. The fourth-order valence-corrected chi connectivity index (χ4v) is 6.64. The lowest BCUT2D eigenvalue weighted by atomic mass is 9.99. The Kier molecular flexibility index (Phi) is 6.36. The van der Waals surface area contributed by atoms with Crippen molar-refractivity contribution in [3.63, 3.8) is 0 Å². The number of carbonyl (C=O) groups is 2. The van der Waals surface area contributed by atoms with E-state index >= 15 is 0 Å². The van der Waals surface area contributed by atoms with Gasteiger partial charge in [0.25, 0.3) is 0 Å². The van der Waals surface area contributed by atoms with Gasteiger partial charge >= 0.3 is 10.2 Å². The number of anilines is 2. The minimum Gasteiger partial charge on any atom is -0.361 e. The molecule has 5 rings (SSSR count). The average Bonchev–Trinajstić information content (AvgIpc) is 3.39. The number of piperidine rings is 1. The topological polar surface area (TPSA) is 141 Å². The molecule has 1 fully saturated rings. The second-order valence-corrected chi connectivity index (χ2v) is 11.8. The SMILES string of the molecule is CC(C)(N)C(=O)NC(Cc1c[nH]c2ccccc12)C(=O)N1CCC(N2c3ccccc3NS2(=O)=O)CC1. The molecule has 3 heterocycles. The molecule has 2 aliphatic rings. The van der Waals surface area contributed by atoms with Crippen LogP contribution in [0.15, 0.2) is 54.7 Å². The van der Waals surface area contributed by atoms with Crippen LogP contribution in [0.4, 0.5) is 11.4 Å². The maximum Gasteiger partial charge on any atom is 0.324 e. The molecule has 10 nitrogen and oxygen atoms in total. The van der Waals surface area contributed by atoms with E-state index in [1.807, 2.05) is 36.5 Å². The first-order chi connectivity index (χ1) is 17.5. The van der Waals surface area contributed by atoms with Gasteiger partial charge in [-0.1, -0.05) is 30.3 Å². The van der Waals surface area contributed by atoms with E-state index in [9.17, 15) is 18.0 Å². The summed E-state index contributed by atoms with van der Waals surface area (Å²) in [6, 6.07) is 13.9. The Morgan fingerprint density at radius 2 is 1.78 bits per heavy atom. The number of aromatic nitrogens is 1. The first kappa shape index (κ1) is 25.1. The molecule has 2 amide bonds. The van der Waals surface area contributed by atoms with Gasteiger partial charge in [-0.3, -0.25) is 14.3 Å². The third-order valence-corrected chi connectivity index (χ3v) is 8.53. The largest absolute Gasteiger partial charge is 0.361 e. The monoisotopic (exact) mass is 524 g/mol. The van der Waals surface area contributed by atoms with Crippen molar-refractivity contribution in [2.45, 2.75) is 50.7 Å². The molecule has 0 saturated carbocycles. The average molecular weight is 525 g/mol. The minimum absolute atomic E-state index is 0.205. The molecule has 196 valence electrons. The van der Waals surface area contributed by atoms with Crippen LogP contribution in [0.3, 0.4) is 0 Å². The highest BCUT2D eigenvalue weighted by atomic mass is 32.2. The molecule has 0 aliphatic carbocycles. The second kappa shape index (κ2) is 9.38. The first-order valence-corrected chi connectivity index (χ1v) is 13.8. The molecule has 0 spiro atoms. The summed E-state index contributed by atoms with van der Waals surface area (Å²) in [6.07, 6.45) is 3.14. The Hall–Kier alpha value is -3.57. The number of amides is 2. The lowest BCUT2D eigenvalue weighted by Gasteiger charge is -2.38. The molecule has 5 N–H and O–H groups in total. The molecule has 1 atom stereocenters. The van der Waals surface area contributed by atoms with Gasteiger partial charge in [-0.05, 0) is 50.5 Å². The van der Waals surface area contributed by atoms with Gasteiger partial charge in [0, 0.05) is 36.6 Å². The van der Waals surface area contributed by atoms with E-state index in [1.165, 1.54) is 4.31 Å². The zero-order valence-corrected chi connectivity index (χ0v) is 21.7. The number of carbonyl (C=O) groups excluding carboxylic acids is 2. The van der Waals surface area contributed by atoms with Crippen molar-refractivity contribution in [1.29, 1.82) is 0 Å². The Balaban J connectivity index is 1.33. The molecule has 3 aromatic rings. The van der Waals surface area contributed by atoms with Gasteiger partial charge in [0.1, 0.15) is 6.04 Å². The van der Waals surface area contributed by atoms with Gasteiger partial charge in [-0.25, -0.2) is 4.31 Å². The van der Waals surface area contributed by atoms with Crippen LogP contribution in [-0.2, 0) is 26.2 Å². The lowest BCUT2D eigenvalue weighted by molar-refractivity contribution is -0.138. The van der Waals surface area contributed by atoms with E-state index in [0.717, 1.165) is 16.5 Å². The molecule has 2 aromatic carbocycles. The molecule has 1 unspecified atom stereocenters. The lowest BCUT2D eigenvalue weighted by Crippen LogP contribution is -2.58. The van der Waals surface area contributed by atoms with E-state index in [2.05, 4.69) is 15.0 Å². The number of aromatic amines is 1. The Labute approximate surface area is 216 Å². The third kappa shape index (κ3) is 4.88. The maximum absolute atomic E-state index is 13.7. The van der Waals surface area contributed by atoms with Crippen LogP contribution < -0.4 is 20.1 Å². The van der Waals surface area contributed by atoms with Crippen LogP contribution >= 0.6 is 0 Å². The predicted octanol–water partition coefficient (Wildman–Crippen LogP) is 2.10. The van der Waals surface area contributed by atoms with Crippen LogP contribution in [0, 0.1) is 0 Å². The van der Waals surface area contributed by atoms with Crippen molar-refractivity contribution < 1.29 is 18.0 Å². The standard InChI is InChI=1S/C26H32N6O4S/c1-26(2,27)25(34)29-22(15-17-16-28-20-8-4-3-7-19(17)20)24(33)31-13-11-18(12-14-31)32-23-10-6-5-9-21(23)30-37(32,35)36/h3-10,16,18,22,28,30H,11-15,27H2,1-2H3,(H,29,34).